The van der Waals surface area contributed by atoms with Crippen molar-refractivity contribution >= 4 is 98.3 Å². The van der Waals surface area contributed by atoms with Crippen LogP contribution in [0.25, 0.3) is 121 Å². The van der Waals surface area contributed by atoms with E-state index in [4.69, 9.17) is 4.98 Å². The van der Waals surface area contributed by atoms with Gasteiger partial charge in [0.1, 0.15) is 0 Å². The maximum Gasteiger partial charge on any atom is 0.215 e. The van der Waals surface area contributed by atoms with Crippen molar-refractivity contribution in [3.63, 3.8) is 0 Å². The lowest BCUT2D eigenvalue weighted by Gasteiger charge is -2.10. The van der Waals surface area contributed by atoms with Gasteiger partial charge in [0.25, 0.3) is 0 Å². The molecule has 0 spiro atoms. The Bertz CT molecular complexity index is 4060. The minimum absolute atomic E-state index is 0.882. The first-order valence-corrected chi connectivity index (χ1v) is 21.2. The predicted octanol–water partition coefficient (Wildman–Crippen LogP) is 14.0. The highest BCUT2D eigenvalue weighted by atomic mass is 15.2. The highest BCUT2D eigenvalue weighted by molar-refractivity contribution is 6.20. The molecule has 0 aliphatic carbocycles. The van der Waals surface area contributed by atoms with Crippen molar-refractivity contribution in [2.75, 3.05) is 0 Å². The fourth-order valence-electron chi connectivity index (χ4n) is 10.6. The Morgan fingerprint density at radius 3 is 1.15 bits per heavy atom. The lowest BCUT2D eigenvalue weighted by Crippen LogP contribution is -2.03. The molecule has 0 unspecified atom stereocenters. The Kier molecular flexibility index (Phi) is 6.67. The van der Waals surface area contributed by atoms with E-state index in [1.165, 1.54) is 65.2 Å². The molecule has 9 aromatic carbocycles. The van der Waals surface area contributed by atoms with Gasteiger partial charge in [-0.2, -0.15) is 0 Å². The van der Waals surface area contributed by atoms with Crippen molar-refractivity contribution in [3.8, 4) is 23.0 Å². The number of para-hydroxylation sites is 7. The third-order valence-corrected chi connectivity index (χ3v) is 13.3. The van der Waals surface area contributed by atoms with E-state index in [1.807, 2.05) is 0 Å². The number of imidazole rings is 1. The largest absolute Gasteiger partial charge is 0.313 e. The van der Waals surface area contributed by atoms with Crippen molar-refractivity contribution in [1.29, 1.82) is 0 Å². The summed E-state index contributed by atoms with van der Waals surface area (Å²) in [6, 6.07) is 73.0. The van der Waals surface area contributed by atoms with Gasteiger partial charge >= 0.3 is 0 Å². The number of hydrogen-bond donors (Lipinski definition) is 0. The smallest absolute Gasteiger partial charge is 0.215 e. The summed E-state index contributed by atoms with van der Waals surface area (Å²) in [5, 5.41) is 9.73. The fraction of sp³-hybridized carbons (Fsp3) is 0.0179. The molecular formula is C56H36N6. The molecular weight excluding hydrogens is 757 g/mol. The fourth-order valence-corrected chi connectivity index (χ4v) is 10.6. The third-order valence-electron chi connectivity index (χ3n) is 13.3. The van der Waals surface area contributed by atoms with Gasteiger partial charge in [-0.25, -0.2) is 4.98 Å². The molecule has 0 N–H and O–H groups in total. The number of fused-ring (bicyclic) bond motifs is 13. The first-order chi connectivity index (χ1) is 30.7. The molecule has 62 heavy (non-hydrogen) atoms. The highest BCUT2D eigenvalue weighted by Gasteiger charge is 2.23. The Morgan fingerprint density at radius 2 is 0.645 bits per heavy atom. The van der Waals surface area contributed by atoms with Gasteiger partial charge in [0.2, 0.25) is 5.95 Å². The van der Waals surface area contributed by atoms with Crippen molar-refractivity contribution in [1.82, 2.24) is 27.8 Å². The van der Waals surface area contributed by atoms with Crippen molar-refractivity contribution in [2.24, 2.45) is 7.05 Å². The van der Waals surface area contributed by atoms with Gasteiger partial charge in [0, 0.05) is 67.2 Å². The molecule has 0 bridgehead atoms. The van der Waals surface area contributed by atoms with Crippen LogP contribution >= 0.6 is 0 Å². The monoisotopic (exact) mass is 792 g/mol. The molecule has 0 radical (unpaired) electrons. The maximum absolute atomic E-state index is 5.32. The predicted molar refractivity (Wildman–Crippen MR) is 258 cm³/mol. The summed E-state index contributed by atoms with van der Waals surface area (Å²) in [5.74, 6) is 0.882. The first-order valence-electron chi connectivity index (χ1n) is 21.2. The maximum atomic E-state index is 5.32. The van der Waals surface area contributed by atoms with Crippen molar-refractivity contribution in [2.45, 2.75) is 0 Å². The number of aryl methyl sites for hydroxylation is 1. The van der Waals surface area contributed by atoms with Crippen LogP contribution in [-0.4, -0.2) is 27.8 Å². The van der Waals surface area contributed by atoms with Gasteiger partial charge in [-0.1, -0.05) is 103 Å². The molecule has 6 nitrogen and oxygen atoms in total. The molecule has 0 aliphatic heterocycles. The molecule has 0 atom stereocenters. The molecule has 14 aromatic rings. The van der Waals surface area contributed by atoms with E-state index >= 15 is 0 Å². The van der Waals surface area contributed by atoms with Crippen molar-refractivity contribution in [3.05, 3.63) is 200 Å². The normalized spacial score (nSPS) is 12.3. The van der Waals surface area contributed by atoms with E-state index in [1.54, 1.807) is 0 Å². The zero-order chi connectivity index (χ0) is 40.6. The second kappa shape index (κ2) is 12.3. The van der Waals surface area contributed by atoms with Crippen LogP contribution in [0.3, 0.4) is 0 Å². The Hall–Kier alpha value is -8.35. The minimum Gasteiger partial charge on any atom is -0.313 e. The summed E-state index contributed by atoms with van der Waals surface area (Å²) in [4.78, 5) is 5.32. The van der Waals surface area contributed by atoms with Crippen LogP contribution in [0.2, 0.25) is 0 Å². The highest BCUT2D eigenvalue weighted by Crippen LogP contribution is 2.43. The van der Waals surface area contributed by atoms with E-state index in [0.717, 1.165) is 56.1 Å². The summed E-state index contributed by atoms with van der Waals surface area (Å²) in [5.41, 5.74) is 14.8. The number of nitrogens with zero attached hydrogens (tertiary/aromatic N) is 6. The summed E-state index contributed by atoms with van der Waals surface area (Å²) >= 11 is 0. The molecule has 5 heterocycles. The van der Waals surface area contributed by atoms with Crippen molar-refractivity contribution < 1.29 is 0 Å². The quantitative estimate of drug-likeness (QED) is 0.175. The molecule has 0 saturated heterocycles. The molecule has 6 heteroatoms. The Labute approximate surface area is 354 Å². The van der Waals surface area contributed by atoms with Crippen LogP contribution in [0, 0.1) is 0 Å². The minimum atomic E-state index is 0.882. The summed E-state index contributed by atoms with van der Waals surface area (Å²) in [6.07, 6.45) is 0. The standard InChI is InChI=1S/C56H36N6/c1-58-53-26-14-9-21-46(53)57-56(58)62-52-30-28-37(61-49-24-12-7-19-40(49)41-20-8-13-25-50(41)61)32-43(52)45-33-54-44(34-55(45)62)42-31-36(27-29-51(42)59(54)35-15-3-2-4-16-35)60-47-22-10-5-17-38(47)39-18-6-11-23-48(39)60/h2-34H,1H3. The van der Waals surface area contributed by atoms with Crippen LogP contribution in [0.4, 0.5) is 0 Å². The SMILES string of the molecule is Cn1c(-n2c3ccc(-n4c5ccccc5c5ccccc54)cc3c3cc4c(cc32)c2cc(-n3c5ccccc5c5ccccc53)ccc2n4-c2ccccc2)nc2ccccc21. The van der Waals surface area contributed by atoms with E-state index in [0.29, 0.717) is 0 Å². The molecule has 5 aromatic heterocycles. The lowest BCUT2D eigenvalue weighted by atomic mass is 10.1. The van der Waals surface area contributed by atoms with Gasteiger partial charge in [-0.3, -0.25) is 4.57 Å². The number of hydrogen-bond acceptors (Lipinski definition) is 1. The van der Waals surface area contributed by atoms with Crippen LogP contribution in [0.5, 0.6) is 0 Å². The van der Waals surface area contributed by atoms with Gasteiger partial charge in [0.15, 0.2) is 0 Å². The van der Waals surface area contributed by atoms with Gasteiger partial charge in [-0.05, 0) is 97.1 Å². The van der Waals surface area contributed by atoms with E-state index in [9.17, 15) is 0 Å². The van der Waals surface area contributed by atoms with Gasteiger partial charge in [-0.15, -0.1) is 0 Å². The Morgan fingerprint density at radius 1 is 0.274 bits per heavy atom. The average molecular weight is 793 g/mol. The second-order valence-electron chi connectivity index (χ2n) is 16.5. The number of aromatic nitrogens is 6. The second-order valence-corrected chi connectivity index (χ2v) is 16.5. The molecule has 0 aliphatic rings. The van der Waals surface area contributed by atoms with Crippen LogP contribution in [0.1, 0.15) is 0 Å². The third kappa shape index (κ3) is 4.45. The molecule has 0 fully saturated rings. The van der Waals surface area contributed by atoms with Crippen LogP contribution in [-0.2, 0) is 7.05 Å². The number of rotatable bonds is 4. The molecule has 0 saturated carbocycles. The Balaban J connectivity index is 1.12. The number of benzene rings is 9. The summed E-state index contributed by atoms with van der Waals surface area (Å²) in [7, 11) is 2.13. The average Bonchev–Trinajstić information content (AvgIpc) is 4.11. The lowest BCUT2D eigenvalue weighted by molar-refractivity contribution is 0.870. The zero-order valence-electron chi connectivity index (χ0n) is 33.7. The zero-order valence-corrected chi connectivity index (χ0v) is 33.7. The van der Waals surface area contributed by atoms with E-state index < -0.39 is 0 Å². The van der Waals surface area contributed by atoms with E-state index in [2.05, 4.69) is 230 Å². The topological polar surface area (TPSA) is 37.5 Å². The van der Waals surface area contributed by atoms with Crippen LogP contribution in [0.15, 0.2) is 200 Å². The molecule has 290 valence electrons. The molecule has 0 amide bonds. The van der Waals surface area contributed by atoms with E-state index in [-0.39, 0.29) is 0 Å². The van der Waals surface area contributed by atoms with Gasteiger partial charge in [0.05, 0.1) is 55.2 Å². The first kappa shape index (κ1) is 33.5. The summed E-state index contributed by atoms with van der Waals surface area (Å²) < 4.78 is 11.9. The van der Waals surface area contributed by atoms with Gasteiger partial charge < -0.3 is 18.3 Å². The van der Waals surface area contributed by atoms with Crippen LogP contribution < -0.4 is 0 Å². The molecule has 14 rings (SSSR count). The summed E-state index contributed by atoms with van der Waals surface area (Å²) in [6.45, 7) is 0.